The van der Waals surface area contributed by atoms with Crippen molar-refractivity contribution in [2.75, 3.05) is 5.32 Å². The topological polar surface area (TPSA) is 56.2 Å². The molecule has 5 nitrogen and oxygen atoms in total. The fraction of sp³-hybridized carbons (Fsp3) is 0.158. The number of ether oxygens (including phenoxy) is 1. The van der Waals surface area contributed by atoms with Crippen molar-refractivity contribution in [3.63, 3.8) is 0 Å². The summed E-state index contributed by atoms with van der Waals surface area (Å²) in [5.41, 5.74) is 1.94. The third kappa shape index (κ3) is 3.13. The Morgan fingerprint density at radius 1 is 1.35 bits per heavy atom. The molecule has 0 fully saturated rings. The van der Waals surface area contributed by atoms with E-state index >= 15 is 0 Å². The summed E-state index contributed by atoms with van der Waals surface area (Å²) in [6.07, 6.45) is 4.40. The van der Waals surface area contributed by atoms with Gasteiger partial charge in [0.2, 0.25) is 0 Å². The van der Waals surface area contributed by atoms with Gasteiger partial charge in [-0.1, -0.05) is 12.1 Å². The summed E-state index contributed by atoms with van der Waals surface area (Å²) >= 11 is 1.34. The summed E-state index contributed by atoms with van der Waals surface area (Å²) in [6, 6.07) is 11.7. The number of nitrogens with zero attached hydrogens (tertiary/aromatic N) is 2. The summed E-state index contributed by atoms with van der Waals surface area (Å²) in [4.78, 5) is 13.8. The lowest BCUT2D eigenvalue weighted by Crippen LogP contribution is -2.11. The Morgan fingerprint density at radius 2 is 2.19 bits per heavy atom. The molecule has 0 radical (unpaired) electrons. The van der Waals surface area contributed by atoms with Crippen LogP contribution in [-0.2, 0) is 11.8 Å². The largest absolute Gasteiger partial charge is 0.492 e. The molecular weight excluding hydrogens is 353 g/mol. The van der Waals surface area contributed by atoms with Crippen LogP contribution in [0.5, 0.6) is 0 Å². The van der Waals surface area contributed by atoms with E-state index in [-0.39, 0.29) is 17.7 Å². The van der Waals surface area contributed by atoms with Gasteiger partial charge >= 0.3 is 0 Å². The van der Waals surface area contributed by atoms with E-state index in [0.717, 1.165) is 22.7 Å². The molecule has 2 aromatic heterocycles. The Bertz CT molecular complexity index is 984. The highest BCUT2D eigenvalue weighted by Crippen LogP contribution is 2.33. The lowest BCUT2D eigenvalue weighted by atomic mass is 10.2. The standard InChI is InChI=1S/C19H16FN3O2S/c1-23-15(11-14(22-23)16-7-4-10-25-16)17-8-9-18(26-17)19(24)21-13-6-3-2-5-12(13)20/h2-6,8-11,16H,7H2,1H3,(H,21,24). The van der Waals surface area contributed by atoms with Crippen molar-refractivity contribution in [2.24, 2.45) is 7.05 Å². The van der Waals surface area contributed by atoms with Gasteiger partial charge in [-0.25, -0.2) is 4.39 Å². The number of benzene rings is 1. The molecule has 0 saturated carbocycles. The molecule has 0 bridgehead atoms. The molecule has 3 heterocycles. The molecule has 1 unspecified atom stereocenters. The molecule has 26 heavy (non-hydrogen) atoms. The van der Waals surface area contributed by atoms with Gasteiger partial charge in [0.15, 0.2) is 0 Å². The number of halogens is 1. The van der Waals surface area contributed by atoms with Crippen molar-refractivity contribution in [3.05, 3.63) is 71.2 Å². The zero-order valence-corrected chi connectivity index (χ0v) is 14.8. The number of para-hydroxylation sites is 1. The monoisotopic (exact) mass is 369 g/mol. The van der Waals surface area contributed by atoms with E-state index in [9.17, 15) is 9.18 Å². The number of carbonyl (C=O) groups excluding carboxylic acids is 1. The minimum absolute atomic E-state index is 0.0567. The smallest absolute Gasteiger partial charge is 0.265 e. The first-order chi connectivity index (χ1) is 12.6. The number of carbonyl (C=O) groups is 1. The SMILES string of the molecule is Cn1nc(C2CC=CO2)cc1-c1ccc(C(=O)Nc2ccccc2F)s1. The average molecular weight is 369 g/mol. The maximum atomic E-state index is 13.7. The molecule has 132 valence electrons. The van der Waals surface area contributed by atoms with Gasteiger partial charge in [0.1, 0.15) is 17.6 Å². The Balaban J connectivity index is 1.54. The third-order valence-corrected chi connectivity index (χ3v) is 5.23. The molecular formula is C19H16FN3O2S. The number of rotatable bonds is 4. The Hall–Kier alpha value is -2.93. The van der Waals surface area contributed by atoms with E-state index in [2.05, 4.69) is 10.4 Å². The summed E-state index contributed by atoms with van der Waals surface area (Å²) in [5, 5.41) is 7.11. The second-order valence-electron chi connectivity index (χ2n) is 5.91. The van der Waals surface area contributed by atoms with Crippen molar-refractivity contribution in [2.45, 2.75) is 12.5 Å². The number of aromatic nitrogens is 2. The fourth-order valence-corrected chi connectivity index (χ4v) is 3.75. The molecule has 1 amide bonds. The minimum Gasteiger partial charge on any atom is -0.492 e. The molecule has 7 heteroatoms. The molecule has 1 aromatic carbocycles. The van der Waals surface area contributed by atoms with Gasteiger partial charge in [0.05, 0.1) is 27.4 Å². The first-order valence-electron chi connectivity index (χ1n) is 8.12. The molecule has 4 rings (SSSR count). The molecule has 0 spiro atoms. The fourth-order valence-electron chi connectivity index (χ4n) is 2.80. The van der Waals surface area contributed by atoms with Crippen molar-refractivity contribution >= 4 is 22.9 Å². The number of hydrogen-bond donors (Lipinski definition) is 1. The van der Waals surface area contributed by atoms with Crippen LogP contribution in [0.3, 0.4) is 0 Å². The van der Waals surface area contributed by atoms with E-state index in [1.54, 1.807) is 29.1 Å². The quantitative estimate of drug-likeness (QED) is 0.736. The molecule has 3 aromatic rings. The number of aryl methyl sites for hydroxylation is 1. The van der Waals surface area contributed by atoms with Gasteiger partial charge in [-0.3, -0.25) is 9.48 Å². The second-order valence-corrected chi connectivity index (χ2v) is 6.99. The third-order valence-electron chi connectivity index (χ3n) is 4.12. The lowest BCUT2D eigenvalue weighted by molar-refractivity contribution is 0.103. The Labute approximate surface area is 153 Å². The summed E-state index contributed by atoms with van der Waals surface area (Å²) in [5.74, 6) is -0.795. The summed E-state index contributed by atoms with van der Waals surface area (Å²) < 4.78 is 21.0. The predicted molar refractivity (Wildman–Crippen MR) is 98.5 cm³/mol. The highest BCUT2D eigenvalue weighted by atomic mass is 32.1. The van der Waals surface area contributed by atoms with E-state index in [4.69, 9.17) is 4.74 Å². The Kier molecular flexibility index (Phi) is 4.30. The maximum Gasteiger partial charge on any atom is 0.265 e. The van der Waals surface area contributed by atoms with Crippen LogP contribution in [0, 0.1) is 5.82 Å². The lowest BCUT2D eigenvalue weighted by Gasteiger charge is -2.04. The minimum atomic E-state index is -0.459. The van der Waals surface area contributed by atoms with E-state index in [1.165, 1.54) is 23.5 Å². The molecule has 1 N–H and O–H groups in total. The average Bonchev–Trinajstić information content (AvgIpc) is 3.36. The highest BCUT2D eigenvalue weighted by molar-refractivity contribution is 7.17. The van der Waals surface area contributed by atoms with Crippen LogP contribution in [0.1, 0.15) is 27.9 Å². The van der Waals surface area contributed by atoms with Gasteiger partial charge in [-0.05, 0) is 36.4 Å². The highest BCUT2D eigenvalue weighted by Gasteiger charge is 2.21. The van der Waals surface area contributed by atoms with Gasteiger partial charge < -0.3 is 10.1 Å². The van der Waals surface area contributed by atoms with Gasteiger partial charge in [-0.15, -0.1) is 11.3 Å². The normalized spacial score (nSPS) is 15.8. The number of nitrogens with one attached hydrogen (secondary N) is 1. The van der Waals surface area contributed by atoms with Gasteiger partial charge in [-0.2, -0.15) is 5.10 Å². The van der Waals surface area contributed by atoms with Crippen LogP contribution in [0.2, 0.25) is 0 Å². The zero-order chi connectivity index (χ0) is 18.1. The predicted octanol–water partition coefficient (Wildman–Crippen LogP) is 4.52. The van der Waals surface area contributed by atoms with Gasteiger partial charge in [0, 0.05) is 13.5 Å². The first kappa shape index (κ1) is 16.5. The molecule has 1 aliphatic heterocycles. The van der Waals surface area contributed by atoms with Crippen molar-refractivity contribution in [1.82, 2.24) is 9.78 Å². The van der Waals surface area contributed by atoms with Crippen molar-refractivity contribution in [1.29, 1.82) is 0 Å². The number of anilines is 1. The van der Waals surface area contributed by atoms with E-state index in [0.29, 0.717) is 4.88 Å². The second kappa shape index (κ2) is 6.76. The summed E-state index contributed by atoms with van der Waals surface area (Å²) in [7, 11) is 1.86. The zero-order valence-electron chi connectivity index (χ0n) is 14.0. The summed E-state index contributed by atoms with van der Waals surface area (Å²) in [6.45, 7) is 0. The van der Waals surface area contributed by atoms with Crippen LogP contribution in [0.4, 0.5) is 10.1 Å². The van der Waals surface area contributed by atoms with Crippen LogP contribution < -0.4 is 5.32 Å². The number of thiophene rings is 1. The van der Waals surface area contributed by atoms with Crippen molar-refractivity contribution in [3.8, 4) is 10.6 Å². The first-order valence-corrected chi connectivity index (χ1v) is 8.94. The number of amides is 1. The van der Waals surface area contributed by atoms with Gasteiger partial charge in [0.25, 0.3) is 5.91 Å². The van der Waals surface area contributed by atoms with E-state index in [1.807, 2.05) is 25.3 Å². The molecule has 0 saturated heterocycles. The van der Waals surface area contributed by atoms with Crippen LogP contribution in [0.15, 0.2) is 54.8 Å². The molecule has 1 aliphatic rings. The van der Waals surface area contributed by atoms with Crippen LogP contribution >= 0.6 is 11.3 Å². The van der Waals surface area contributed by atoms with Crippen molar-refractivity contribution < 1.29 is 13.9 Å². The molecule has 1 atom stereocenters. The Morgan fingerprint density at radius 3 is 2.96 bits per heavy atom. The maximum absolute atomic E-state index is 13.7. The van der Waals surface area contributed by atoms with Crippen LogP contribution in [0.25, 0.3) is 10.6 Å². The van der Waals surface area contributed by atoms with E-state index < -0.39 is 5.82 Å². The number of hydrogen-bond acceptors (Lipinski definition) is 4. The molecule has 0 aliphatic carbocycles. The van der Waals surface area contributed by atoms with Crippen LogP contribution in [-0.4, -0.2) is 15.7 Å².